The third kappa shape index (κ3) is 6.84. The highest BCUT2D eigenvalue weighted by molar-refractivity contribution is 5.86. The van der Waals surface area contributed by atoms with E-state index in [1.807, 2.05) is 71.0 Å². The van der Waals surface area contributed by atoms with E-state index in [2.05, 4.69) is 22.8 Å². The Morgan fingerprint density at radius 3 is 1.97 bits per heavy atom. The Bertz CT molecular complexity index is 1030. The van der Waals surface area contributed by atoms with Gasteiger partial charge in [-0.15, -0.1) is 0 Å². The first kappa shape index (κ1) is 26.3. The third-order valence-electron chi connectivity index (χ3n) is 6.30. The predicted octanol–water partition coefficient (Wildman–Crippen LogP) is 4.95. The number of carboxylic acid groups (broad SMARTS) is 1. The first-order chi connectivity index (χ1) is 16.5. The van der Waals surface area contributed by atoms with Crippen LogP contribution >= 0.6 is 0 Å². The number of rotatable bonds is 9. The van der Waals surface area contributed by atoms with E-state index in [4.69, 9.17) is 4.74 Å². The maximum Gasteiger partial charge on any atom is 0.407 e. The monoisotopic (exact) mass is 480 g/mol. The number of fused-ring (bicyclic) bond motifs is 3. The molecule has 3 rings (SSSR count). The molecule has 1 unspecified atom stereocenters. The van der Waals surface area contributed by atoms with Crippen LogP contribution in [0.2, 0.25) is 0 Å². The van der Waals surface area contributed by atoms with Crippen LogP contribution in [0.4, 0.5) is 4.79 Å². The molecule has 2 aromatic carbocycles. The number of amides is 2. The fraction of sp³-hybridized carbons (Fsp3) is 0.464. The summed E-state index contributed by atoms with van der Waals surface area (Å²) in [4.78, 5) is 37.1. The van der Waals surface area contributed by atoms with Crippen LogP contribution in [0.1, 0.15) is 64.5 Å². The van der Waals surface area contributed by atoms with Gasteiger partial charge in [-0.2, -0.15) is 0 Å². The van der Waals surface area contributed by atoms with Gasteiger partial charge in [-0.05, 0) is 40.0 Å². The Morgan fingerprint density at radius 2 is 1.49 bits per heavy atom. The van der Waals surface area contributed by atoms with Crippen LogP contribution < -0.4 is 10.6 Å². The molecule has 1 aliphatic carbocycles. The molecule has 0 aromatic heterocycles. The molecular formula is C28H36N2O5. The zero-order chi connectivity index (χ0) is 25.8. The van der Waals surface area contributed by atoms with Gasteiger partial charge in [-0.3, -0.25) is 9.59 Å². The van der Waals surface area contributed by atoms with Crippen LogP contribution in [0.15, 0.2) is 48.5 Å². The predicted molar refractivity (Wildman–Crippen MR) is 135 cm³/mol. The highest BCUT2D eigenvalue weighted by atomic mass is 16.5. The molecule has 7 nitrogen and oxygen atoms in total. The van der Waals surface area contributed by atoms with Crippen LogP contribution in [0, 0.1) is 11.3 Å². The number of nitrogens with one attached hydrogen (secondary N) is 2. The second kappa shape index (κ2) is 10.9. The quantitative estimate of drug-likeness (QED) is 0.471. The molecular weight excluding hydrogens is 444 g/mol. The summed E-state index contributed by atoms with van der Waals surface area (Å²) in [6, 6.07) is 14.8. The van der Waals surface area contributed by atoms with E-state index >= 15 is 0 Å². The summed E-state index contributed by atoms with van der Waals surface area (Å²) in [5.74, 6) is -1.54. The lowest BCUT2D eigenvalue weighted by atomic mass is 9.87. The first-order valence-corrected chi connectivity index (χ1v) is 12.1. The molecule has 0 heterocycles. The Labute approximate surface area is 207 Å². The van der Waals surface area contributed by atoms with Gasteiger partial charge in [0.05, 0.1) is 6.42 Å². The SMILES string of the molecule is CC(C)[C@H](CC(=O)O)NC(=O)C(CC(C)(C)C)NC(=O)OCC1c2ccccc2-c2ccccc21. The lowest BCUT2D eigenvalue weighted by Gasteiger charge is -2.29. The van der Waals surface area contributed by atoms with Crippen LogP contribution in [-0.2, 0) is 14.3 Å². The lowest BCUT2D eigenvalue weighted by Crippen LogP contribution is -2.52. The number of hydrogen-bond acceptors (Lipinski definition) is 4. The zero-order valence-electron chi connectivity index (χ0n) is 21.1. The third-order valence-corrected chi connectivity index (χ3v) is 6.30. The summed E-state index contributed by atoms with van der Waals surface area (Å²) in [7, 11) is 0. The standard InChI is InChI=1S/C28H36N2O5/c1-17(2)23(14-25(31)32)29-26(33)24(15-28(3,4)5)30-27(34)35-16-22-20-12-8-6-10-18(20)19-11-7-9-13-21(19)22/h6-13,17,22-24H,14-16H2,1-5H3,(H,29,33)(H,30,34)(H,31,32)/t23-,24?/m0/s1. The van der Waals surface area contributed by atoms with E-state index < -0.39 is 30.1 Å². The molecule has 2 atom stereocenters. The Balaban J connectivity index is 1.69. The van der Waals surface area contributed by atoms with Gasteiger partial charge >= 0.3 is 12.1 Å². The fourth-order valence-corrected chi connectivity index (χ4v) is 4.53. The summed E-state index contributed by atoms with van der Waals surface area (Å²) in [6.07, 6.45) is -0.479. The van der Waals surface area contributed by atoms with Gasteiger partial charge in [-0.25, -0.2) is 4.79 Å². The topological polar surface area (TPSA) is 105 Å². The van der Waals surface area contributed by atoms with Gasteiger partial charge in [0, 0.05) is 12.0 Å². The molecule has 2 amide bonds. The van der Waals surface area contributed by atoms with E-state index in [9.17, 15) is 19.5 Å². The zero-order valence-corrected chi connectivity index (χ0v) is 21.1. The molecule has 35 heavy (non-hydrogen) atoms. The first-order valence-electron chi connectivity index (χ1n) is 12.1. The summed E-state index contributed by atoms with van der Waals surface area (Å²) in [5.41, 5.74) is 4.25. The smallest absolute Gasteiger partial charge is 0.407 e. The molecule has 7 heteroatoms. The van der Waals surface area contributed by atoms with Crippen molar-refractivity contribution < 1.29 is 24.2 Å². The molecule has 1 aliphatic rings. The molecule has 3 N–H and O–H groups in total. The number of carbonyl (C=O) groups excluding carboxylic acids is 2. The van der Waals surface area contributed by atoms with Gasteiger partial charge in [0.25, 0.3) is 0 Å². The normalized spacial score (nSPS) is 14.6. The van der Waals surface area contributed by atoms with E-state index in [-0.39, 0.29) is 30.3 Å². The van der Waals surface area contributed by atoms with Crippen LogP contribution in [0.5, 0.6) is 0 Å². The maximum atomic E-state index is 13.1. The largest absolute Gasteiger partial charge is 0.481 e. The Kier molecular flexibility index (Phi) is 8.20. The van der Waals surface area contributed by atoms with Gasteiger partial charge in [0.1, 0.15) is 12.6 Å². The number of alkyl carbamates (subject to hydrolysis) is 1. The molecule has 0 radical (unpaired) electrons. The molecule has 2 aromatic rings. The van der Waals surface area contributed by atoms with E-state index in [1.54, 1.807) is 0 Å². The number of benzene rings is 2. The second-order valence-corrected chi connectivity index (χ2v) is 10.7. The highest BCUT2D eigenvalue weighted by Gasteiger charge is 2.32. The van der Waals surface area contributed by atoms with Crippen LogP contribution in [0.25, 0.3) is 11.1 Å². The Hall–Kier alpha value is -3.35. The van der Waals surface area contributed by atoms with Crippen molar-refractivity contribution in [2.24, 2.45) is 11.3 Å². The molecule has 0 fully saturated rings. The summed E-state index contributed by atoms with van der Waals surface area (Å²) < 4.78 is 5.63. The van der Waals surface area contributed by atoms with E-state index in [0.717, 1.165) is 22.3 Å². The van der Waals surface area contributed by atoms with Crippen molar-refractivity contribution in [2.45, 2.75) is 65.5 Å². The van der Waals surface area contributed by atoms with Crippen molar-refractivity contribution in [3.63, 3.8) is 0 Å². The average Bonchev–Trinajstić information content (AvgIpc) is 3.09. The summed E-state index contributed by atoms with van der Waals surface area (Å²) >= 11 is 0. The number of carboxylic acids is 1. The minimum atomic E-state index is -0.985. The number of carbonyl (C=O) groups is 3. The Morgan fingerprint density at radius 1 is 0.943 bits per heavy atom. The van der Waals surface area contributed by atoms with Crippen molar-refractivity contribution in [3.8, 4) is 11.1 Å². The van der Waals surface area contributed by atoms with Crippen molar-refractivity contribution >= 4 is 18.0 Å². The summed E-state index contributed by atoms with van der Waals surface area (Å²) in [6.45, 7) is 9.78. The van der Waals surface area contributed by atoms with Gasteiger partial charge < -0.3 is 20.5 Å². The number of aliphatic carboxylic acids is 1. The fourth-order valence-electron chi connectivity index (χ4n) is 4.53. The molecule has 188 valence electrons. The van der Waals surface area contributed by atoms with Gasteiger partial charge in [-0.1, -0.05) is 83.1 Å². The highest BCUT2D eigenvalue weighted by Crippen LogP contribution is 2.44. The van der Waals surface area contributed by atoms with Crippen molar-refractivity contribution in [2.75, 3.05) is 6.61 Å². The second-order valence-electron chi connectivity index (χ2n) is 10.7. The van der Waals surface area contributed by atoms with Crippen molar-refractivity contribution in [1.29, 1.82) is 0 Å². The van der Waals surface area contributed by atoms with Gasteiger partial charge in [0.2, 0.25) is 5.91 Å². The summed E-state index contributed by atoms with van der Waals surface area (Å²) in [5, 5.41) is 14.7. The molecule has 0 aliphatic heterocycles. The van der Waals surface area contributed by atoms with Gasteiger partial charge in [0.15, 0.2) is 0 Å². The number of hydrogen-bond donors (Lipinski definition) is 3. The van der Waals surface area contributed by atoms with E-state index in [1.165, 1.54) is 0 Å². The van der Waals surface area contributed by atoms with E-state index in [0.29, 0.717) is 6.42 Å². The lowest BCUT2D eigenvalue weighted by molar-refractivity contribution is -0.138. The maximum absolute atomic E-state index is 13.1. The average molecular weight is 481 g/mol. The van der Waals surface area contributed by atoms with Crippen molar-refractivity contribution in [1.82, 2.24) is 10.6 Å². The van der Waals surface area contributed by atoms with Crippen LogP contribution in [0.3, 0.4) is 0 Å². The minimum Gasteiger partial charge on any atom is -0.481 e. The number of ether oxygens (including phenoxy) is 1. The minimum absolute atomic E-state index is 0.0696. The molecule has 0 spiro atoms. The van der Waals surface area contributed by atoms with Crippen molar-refractivity contribution in [3.05, 3.63) is 59.7 Å². The van der Waals surface area contributed by atoms with Crippen LogP contribution in [-0.4, -0.2) is 41.8 Å². The molecule has 0 bridgehead atoms. The molecule has 0 saturated carbocycles. The molecule has 0 saturated heterocycles.